The number of hydrogen-bond donors (Lipinski definition) is 1. The molecule has 0 bridgehead atoms. The number of benzene rings is 1. The maximum Gasteiger partial charge on any atom is 0.154 e. The zero-order valence-corrected chi connectivity index (χ0v) is 12.8. The van der Waals surface area contributed by atoms with E-state index in [1.54, 1.807) is 0 Å². The highest BCUT2D eigenvalue weighted by Gasteiger charge is 2.22. The van der Waals surface area contributed by atoms with Gasteiger partial charge in [0.25, 0.3) is 0 Å². The van der Waals surface area contributed by atoms with Crippen molar-refractivity contribution < 1.29 is 0 Å². The number of pyridine rings is 1. The second kappa shape index (κ2) is 5.63. The Balaban J connectivity index is 1.69. The van der Waals surface area contributed by atoms with Crippen LogP contribution in [-0.2, 0) is 6.54 Å². The maximum absolute atomic E-state index is 6.12. The molecule has 0 saturated heterocycles. The number of rotatable bonds is 4. The predicted molar refractivity (Wildman–Crippen MR) is 84.7 cm³/mol. The van der Waals surface area contributed by atoms with Crippen LogP contribution in [0.15, 0.2) is 30.3 Å². The first-order valence-electron chi connectivity index (χ1n) is 6.79. The molecule has 1 N–H and O–H groups in total. The quantitative estimate of drug-likeness (QED) is 0.787. The summed E-state index contributed by atoms with van der Waals surface area (Å²) in [7, 11) is 0. The molecule has 0 spiro atoms. The first kappa shape index (κ1) is 13.7. The third-order valence-corrected chi connectivity index (χ3v) is 4.11. The van der Waals surface area contributed by atoms with Gasteiger partial charge in [0.05, 0.1) is 5.69 Å². The molecule has 1 aliphatic carbocycles. The maximum atomic E-state index is 6.12. The Hall–Kier alpha value is -1.25. The molecule has 1 aliphatic rings. The lowest BCUT2D eigenvalue weighted by molar-refractivity contribution is 1.09. The SMILES string of the molecule is Cc1cc(Cl)nc(Cl)c1NCc1ccc(C2CC2)cc1. The summed E-state index contributed by atoms with van der Waals surface area (Å²) in [6.45, 7) is 2.70. The van der Waals surface area contributed by atoms with Crippen molar-refractivity contribution in [2.45, 2.75) is 32.2 Å². The summed E-state index contributed by atoms with van der Waals surface area (Å²) < 4.78 is 0. The molecule has 1 aromatic carbocycles. The standard InChI is InChI=1S/C16H16Cl2N2/c1-10-8-14(17)20-16(18)15(10)19-9-11-2-4-12(5-3-11)13-6-7-13/h2-5,8,13,19H,6-7,9H2,1H3. The Kier molecular flexibility index (Phi) is 3.86. The number of hydrogen-bond acceptors (Lipinski definition) is 2. The molecular formula is C16H16Cl2N2. The lowest BCUT2D eigenvalue weighted by Gasteiger charge is -2.11. The van der Waals surface area contributed by atoms with Gasteiger partial charge in [-0.05, 0) is 48.4 Å². The van der Waals surface area contributed by atoms with E-state index in [0.29, 0.717) is 10.3 Å². The summed E-state index contributed by atoms with van der Waals surface area (Å²) in [4.78, 5) is 4.06. The number of anilines is 1. The van der Waals surface area contributed by atoms with Crippen LogP contribution in [0.25, 0.3) is 0 Å². The summed E-state index contributed by atoms with van der Waals surface area (Å²) >= 11 is 12.0. The van der Waals surface area contributed by atoms with Crippen LogP contribution in [0.5, 0.6) is 0 Å². The zero-order valence-electron chi connectivity index (χ0n) is 11.3. The molecule has 4 heteroatoms. The Labute approximate surface area is 129 Å². The van der Waals surface area contributed by atoms with Gasteiger partial charge in [0.15, 0.2) is 5.15 Å². The van der Waals surface area contributed by atoms with Gasteiger partial charge in [-0.3, -0.25) is 0 Å². The van der Waals surface area contributed by atoms with E-state index in [1.807, 2.05) is 13.0 Å². The number of nitrogens with zero attached hydrogens (tertiary/aromatic N) is 1. The molecular weight excluding hydrogens is 291 g/mol. The van der Waals surface area contributed by atoms with Gasteiger partial charge >= 0.3 is 0 Å². The fourth-order valence-electron chi connectivity index (χ4n) is 2.32. The third kappa shape index (κ3) is 3.08. The van der Waals surface area contributed by atoms with Crippen molar-refractivity contribution in [2.75, 3.05) is 5.32 Å². The molecule has 104 valence electrons. The van der Waals surface area contributed by atoms with E-state index in [0.717, 1.165) is 23.7 Å². The zero-order chi connectivity index (χ0) is 14.1. The summed E-state index contributed by atoms with van der Waals surface area (Å²) in [5.41, 5.74) is 4.54. The van der Waals surface area contributed by atoms with Crippen LogP contribution in [0.4, 0.5) is 5.69 Å². The highest BCUT2D eigenvalue weighted by molar-refractivity contribution is 6.34. The molecule has 0 unspecified atom stereocenters. The monoisotopic (exact) mass is 306 g/mol. The van der Waals surface area contributed by atoms with Crippen molar-refractivity contribution in [3.8, 4) is 0 Å². The van der Waals surface area contributed by atoms with E-state index in [-0.39, 0.29) is 0 Å². The molecule has 1 aromatic heterocycles. The van der Waals surface area contributed by atoms with E-state index in [4.69, 9.17) is 23.2 Å². The summed E-state index contributed by atoms with van der Waals surface area (Å²) in [5.74, 6) is 0.800. The van der Waals surface area contributed by atoms with E-state index in [1.165, 1.54) is 24.0 Å². The van der Waals surface area contributed by atoms with Gasteiger partial charge in [-0.1, -0.05) is 47.5 Å². The lowest BCUT2D eigenvalue weighted by Crippen LogP contribution is -2.03. The molecule has 1 fully saturated rings. The molecule has 0 aliphatic heterocycles. The summed E-state index contributed by atoms with van der Waals surface area (Å²) in [5, 5.41) is 4.18. The van der Waals surface area contributed by atoms with Crippen molar-refractivity contribution in [2.24, 2.45) is 0 Å². The van der Waals surface area contributed by atoms with E-state index in [9.17, 15) is 0 Å². The predicted octanol–water partition coefficient (Wildman–Crippen LogP) is 5.19. The minimum atomic E-state index is 0.421. The molecule has 3 rings (SSSR count). The lowest BCUT2D eigenvalue weighted by atomic mass is 10.1. The van der Waals surface area contributed by atoms with Crippen LogP contribution in [0, 0.1) is 6.92 Å². The minimum Gasteiger partial charge on any atom is -0.378 e. The van der Waals surface area contributed by atoms with Crippen LogP contribution in [-0.4, -0.2) is 4.98 Å². The summed E-state index contributed by atoms with van der Waals surface area (Å²) in [6.07, 6.45) is 2.67. The fraction of sp³-hybridized carbons (Fsp3) is 0.312. The largest absolute Gasteiger partial charge is 0.378 e. The van der Waals surface area contributed by atoms with Gasteiger partial charge in [0.2, 0.25) is 0 Å². The number of aromatic nitrogens is 1. The van der Waals surface area contributed by atoms with Gasteiger partial charge in [-0.15, -0.1) is 0 Å². The smallest absolute Gasteiger partial charge is 0.154 e. The van der Waals surface area contributed by atoms with Crippen LogP contribution in [0.2, 0.25) is 10.3 Å². The normalized spacial score (nSPS) is 14.3. The van der Waals surface area contributed by atoms with Crippen molar-refractivity contribution >= 4 is 28.9 Å². The Morgan fingerprint density at radius 1 is 1.20 bits per heavy atom. The second-order valence-corrected chi connectivity index (χ2v) is 6.04. The van der Waals surface area contributed by atoms with Crippen molar-refractivity contribution in [3.63, 3.8) is 0 Å². The van der Waals surface area contributed by atoms with Crippen molar-refractivity contribution in [1.82, 2.24) is 4.98 Å². The van der Waals surface area contributed by atoms with E-state index < -0.39 is 0 Å². The minimum absolute atomic E-state index is 0.421. The van der Waals surface area contributed by atoms with E-state index in [2.05, 4.69) is 34.6 Å². The Morgan fingerprint density at radius 3 is 2.50 bits per heavy atom. The van der Waals surface area contributed by atoms with Gasteiger partial charge in [0, 0.05) is 6.54 Å². The van der Waals surface area contributed by atoms with Crippen LogP contribution in [0.1, 0.15) is 35.4 Å². The van der Waals surface area contributed by atoms with Crippen LogP contribution < -0.4 is 5.32 Å². The highest BCUT2D eigenvalue weighted by atomic mass is 35.5. The number of aryl methyl sites for hydroxylation is 1. The summed E-state index contributed by atoms with van der Waals surface area (Å²) in [6, 6.07) is 10.6. The molecule has 0 amide bonds. The molecule has 20 heavy (non-hydrogen) atoms. The average molecular weight is 307 g/mol. The highest BCUT2D eigenvalue weighted by Crippen LogP contribution is 2.39. The number of halogens is 2. The number of nitrogens with one attached hydrogen (secondary N) is 1. The van der Waals surface area contributed by atoms with Gasteiger partial charge < -0.3 is 5.32 Å². The average Bonchev–Trinajstić information content (AvgIpc) is 3.22. The third-order valence-electron chi connectivity index (χ3n) is 3.64. The first-order valence-corrected chi connectivity index (χ1v) is 7.54. The van der Waals surface area contributed by atoms with Crippen molar-refractivity contribution in [3.05, 3.63) is 57.3 Å². The second-order valence-electron chi connectivity index (χ2n) is 5.30. The van der Waals surface area contributed by atoms with Crippen LogP contribution in [0.3, 0.4) is 0 Å². The topological polar surface area (TPSA) is 24.9 Å². The molecule has 0 atom stereocenters. The fourth-order valence-corrected chi connectivity index (χ4v) is 2.92. The Bertz CT molecular complexity index is 596. The van der Waals surface area contributed by atoms with Gasteiger partial charge in [0.1, 0.15) is 5.15 Å². The van der Waals surface area contributed by atoms with Gasteiger partial charge in [-0.25, -0.2) is 4.98 Å². The molecule has 0 radical (unpaired) electrons. The molecule has 2 aromatic rings. The molecule has 1 heterocycles. The molecule has 1 saturated carbocycles. The first-order chi connectivity index (χ1) is 9.63. The molecule has 2 nitrogen and oxygen atoms in total. The van der Waals surface area contributed by atoms with Crippen molar-refractivity contribution in [1.29, 1.82) is 0 Å². The van der Waals surface area contributed by atoms with Gasteiger partial charge in [-0.2, -0.15) is 0 Å². The van der Waals surface area contributed by atoms with E-state index >= 15 is 0 Å². The van der Waals surface area contributed by atoms with Crippen LogP contribution >= 0.6 is 23.2 Å². The Morgan fingerprint density at radius 2 is 1.90 bits per heavy atom.